The molecular weight excluding hydrogens is 284 g/mol. The summed E-state index contributed by atoms with van der Waals surface area (Å²) < 4.78 is 9.97. The summed E-state index contributed by atoms with van der Waals surface area (Å²) in [4.78, 5) is 27.6. The maximum atomic E-state index is 11.9. The number of ether oxygens (including phenoxy) is 2. The third kappa shape index (κ3) is 5.02. The van der Waals surface area contributed by atoms with Crippen LogP contribution in [-0.2, 0) is 9.53 Å². The first-order valence-electron chi connectivity index (χ1n) is 7.65. The Morgan fingerprint density at radius 3 is 2.68 bits per heavy atom. The predicted octanol–water partition coefficient (Wildman–Crippen LogP) is 2.09. The van der Waals surface area contributed by atoms with Gasteiger partial charge in [0.15, 0.2) is 6.61 Å². The second-order valence-corrected chi connectivity index (χ2v) is 5.42. The van der Waals surface area contributed by atoms with Gasteiger partial charge < -0.3 is 14.8 Å². The van der Waals surface area contributed by atoms with Crippen LogP contribution in [0.5, 0.6) is 5.88 Å². The number of carbonyl (C=O) groups is 2. The van der Waals surface area contributed by atoms with E-state index in [-0.39, 0.29) is 18.6 Å². The number of pyridine rings is 1. The van der Waals surface area contributed by atoms with Gasteiger partial charge in [-0.25, -0.2) is 9.78 Å². The van der Waals surface area contributed by atoms with Crippen LogP contribution in [0.25, 0.3) is 0 Å². The van der Waals surface area contributed by atoms with Crippen LogP contribution in [-0.4, -0.2) is 36.6 Å². The van der Waals surface area contributed by atoms with E-state index in [1.807, 2.05) is 0 Å². The molecule has 1 aromatic heterocycles. The fraction of sp³-hybridized carbons (Fsp3) is 0.562. The van der Waals surface area contributed by atoms with Gasteiger partial charge in [-0.05, 0) is 18.9 Å². The van der Waals surface area contributed by atoms with E-state index >= 15 is 0 Å². The molecule has 6 heteroatoms. The molecule has 2 rings (SSSR count). The molecule has 22 heavy (non-hydrogen) atoms. The Kier molecular flexibility index (Phi) is 6.18. The van der Waals surface area contributed by atoms with Gasteiger partial charge in [-0.3, -0.25) is 4.79 Å². The number of hydrogen-bond donors (Lipinski definition) is 1. The molecule has 1 fully saturated rings. The van der Waals surface area contributed by atoms with Crippen molar-refractivity contribution >= 4 is 11.9 Å². The van der Waals surface area contributed by atoms with Gasteiger partial charge in [-0.2, -0.15) is 0 Å². The zero-order chi connectivity index (χ0) is 15.8. The van der Waals surface area contributed by atoms with Crippen LogP contribution in [0.4, 0.5) is 0 Å². The maximum Gasteiger partial charge on any atom is 0.338 e. The minimum Gasteiger partial charge on any atom is -0.481 e. The molecule has 1 aliphatic rings. The van der Waals surface area contributed by atoms with E-state index < -0.39 is 5.97 Å². The zero-order valence-corrected chi connectivity index (χ0v) is 12.8. The summed E-state index contributed by atoms with van der Waals surface area (Å²) in [6.07, 6.45) is 8.20. The average Bonchev–Trinajstić information content (AvgIpc) is 2.81. The summed E-state index contributed by atoms with van der Waals surface area (Å²) in [5, 5.41) is 2.94. The second kappa shape index (κ2) is 8.36. The third-order valence-electron chi connectivity index (χ3n) is 3.73. The van der Waals surface area contributed by atoms with Crippen molar-refractivity contribution in [2.24, 2.45) is 0 Å². The summed E-state index contributed by atoms with van der Waals surface area (Å²) in [7, 11) is 1.47. The topological polar surface area (TPSA) is 77.5 Å². The number of carbonyl (C=O) groups excluding carboxylic acids is 2. The summed E-state index contributed by atoms with van der Waals surface area (Å²) in [5.41, 5.74) is 0.314. The van der Waals surface area contributed by atoms with Gasteiger partial charge in [0.2, 0.25) is 5.88 Å². The molecule has 1 amide bonds. The Labute approximate surface area is 130 Å². The van der Waals surface area contributed by atoms with Gasteiger partial charge in [0, 0.05) is 18.3 Å². The lowest BCUT2D eigenvalue weighted by Gasteiger charge is -2.16. The highest BCUT2D eigenvalue weighted by atomic mass is 16.5. The highest BCUT2D eigenvalue weighted by Crippen LogP contribution is 2.17. The van der Waals surface area contributed by atoms with E-state index in [0.717, 1.165) is 25.7 Å². The monoisotopic (exact) mass is 306 g/mol. The van der Waals surface area contributed by atoms with E-state index in [0.29, 0.717) is 11.4 Å². The number of nitrogens with one attached hydrogen (secondary N) is 1. The quantitative estimate of drug-likeness (QED) is 0.666. The summed E-state index contributed by atoms with van der Waals surface area (Å²) in [6.45, 7) is -0.264. The van der Waals surface area contributed by atoms with Crippen molar-refractivity contribution in [1.82, 2.24) is 10.3 Å². The van der Waals surface area contributed by atoms with Crippen molar-refractivity contribution in [3.63, 3.8) is 0 Å². The minimum atomic E-state index is -0.559. The number of methoxy groups -OCH3 is 1. The number of esters is 1. The molecule has 0 atom stereocenters. The first kappa shape index (κ1) is 16.3. The Hall–Kier alpha value is -2.11. The van der Waals surface area contributed by atoms with Gasteiger partial charge in [0.1, 0.15) is 0 Å². The molecule has 120 valence electrons. The molecule has 0 spiro atoms. The lowest BCUT2D eigenvalue weighted by Crippen LogP contribution is -2.37. The van der Waals surface area contributed by atoms with E-state index in [2.05, 4.69) is 10.3 Å². The second-order valence-electron chi connectivity index (χ2n) is 5.42. The number of amides is 1. The maximum absolute atomic E-state index is 11.9. The predicted molar refractivity (Wildman–Crippen MR) is 80.7 cm³/mol. The fourth-order valence-electron chi connectivity index (χ4n) is 2.56. The first-order chi connectivity index (χ1) is 10.7. The van der Waals surface area contributed by atoms with Crippen LogP contribution in [0.3, 0.4) is 0 Å². The van der Waals surface area contributed by atoms with Crippen LogP contribution in [0.15, 0.2) is 18.3 Å². The Bertz CT molecular complexity index is 511. The summed E-state index contributed by atoms with van der Waals surface area (Å²) >= 11 is 0. The number of hydrogen-bond acceptors (Lipinski definition) is 5. The van der Waals surface area contributed by atoms with Crippen molar-refractivity contribution in [3.8, 4) is 5.88 Å². The van der Waals surface area contributed by atoms with E-state index in [1.165, 1.54) is 38.3 Å². The smallest absolute Gasteiger partial charge is 0.338 e. The SMILES string of the molecule is COc1cc(C(=O)OCC(=O)NC2CCCCCC2)ccn1. The summed E-state index contributed by atoms with van der Waals surface area (Å²) in [5.74, 6) is -0.477. The Morgan fingerprint density at radius 1 is 1.27 bits per heavy atom. The molecular formula is C16H22N2O4. The lowest BCUT2D eigenvalue weighted by molar-refractivity contribution is -0.125. The fourth-order valence-corrected chi connectivity index (χ4v) is 2.56. The normalized spacial score (nSPS) is 15.7. The Balaban J connectivity index is 1.78. The van der Waals surface area contributed by atoms with Crippen LogP contribution < -0.4 is 10.1 Å². The standard InChI is InChI=1S/C16H22N2O4/c1-21-15-10-12(8-9-17-15)16(20)22-11-14(19)18-13-6-4-2-3-5-7-13/h8-10,13H,2-7,11H2,1H3,(H,18,19). The number of aromatic nitrogens is 1. The third-order valence-corrected chi connectivity index (χ3v) is 3.73. The Morgan fingerprint density at radius 2 is 2.00 bits per heavy atom. The summed E-state index contributed by atoms with van der Waals surface area (Å²) in [6, 6.07) is 3.20. The molecule has 1 heterocycles. The number of rotatable bonds is 5. The largest absolute Gasteiger partial charge is 0.481 e. The molecule has 0 bridgehead atoms. The lowest BCUT2D eigenvalue weighted by atomic mass is 10.1. The number of nitrogens with zero attached hydrogens (tertiary/aromatic N) is 1. The molecule has 0 aliphatic heterocycles. The molecule has 1 N–H and O–H groups in total. The molecule has 0 saturated heterocycles. The van der Waals surface area contributed by atoms with Gasteiger partial charge in [-0.1, -0.05) is 25.7 Å². The van der Waals surface area contributed by atoms with E-state index in [4.69, 9.17) is 9.47 Å². The van der Waals surface area contributed by atoms with Crippen LogP contribution in [0.1, 0.15) is 48.9 Å². The van der Waals surface area contributed by atoms with Crippen molar-refractivity contribution in [3.05, 3.63) is 23.9 Å². The highest BCUT2D eigenvalue weighted by Gasteiger charge is 2.16. The van der Waals surface area contributed by atoms with Crippen LogP contribution in [0, 0.1) is 0 Å². The molecule has 1 saturated carbocycles. The van der Waals surface area contributed by atoms with Crippen molar-refractivity contribution < 1.29 is 19.1 Å². The molecule has 6 nitrogen and oxygen atoms in total. The van der Waals surface area contributed by atoms with Gasteiger partial charge in [0.05, 0.1) is 12.7 Å². The van der Waals surface area contributed by atoms with Crippen molar-refractivity contribution in [1.29, 1.82) is 0 Å². The zero-order valence-electron chi connectivity index (χ0n) is 12.8. The molecule has 1 aliphatic carbocycles. The van der Waals surface area contributed by atoms with Crippen LogP contribution in [0.2, 0.25) is 0 Å². The van der Waals surface area contributed by atoms with Crippen LogP contribution >= 0.6 is 0 Å². The average molecular weight is 306 g/mol. The van der Waals surface area contributed by atoms with Gasteiger partial charge in [-0.15, -0.1) is 0 Å². The molecule has 0 radical (unpaired) electrons. The minimum absolute atomic E-state index is 0.203. The molecule has 0 aromatic carbocycles. The van der Waals surface area contributed by atoms with Crippen molar-refractivity contribution in [2.75, 3.05) is 13.7 Å². The van der Waals surface area contributed by atoms with E-state index in [9.17, 15) is 9.59 Å². The van der Waals surface area contributed by atoms with E-state index in [1.54, 1.807) is 0 Å². The molecule has 0 unspecified atom stereocenters. The first-order valence-corrected chi connectivity index (χ1v) is 7.65. The van der Waals surface area contributed by atoms with Crippen molar-refractivity contribution in [2.45, 2.75) is 44.6 Å². The molecule has 1 aromatic rings. The highest BCUT2D eigenvalue weighted by molar-refractivity contribution is 5.91. The van der Waals surface area contributed by atoms with Gasteiger partial charge >= 0.3 is 5.97 Å². The van der Waals surface area contributed by atoms with Gasteiger partial charge in [0.25, 0.3) is 5.91 Å².